The zero-order chi connectivity index (χ0) is 43.9. The lowest BCUT2D eigenvalue weighted by atomic mass is 9.80. The predicted octanol–water partition coefficient (Wildman–Crippen LogP) is 17.9. The predicted molar refractivity (Wildman–Crippen MR) is 286 cm³/mol. The normalized spacial score (nSPS) is 12.7. The van der Waals surface area contributed by atoms with Gasteiger partial charge >= 0.3 is 0 Å². The van der Waals surface area contributed by atoms with Crippen molar-refractivity contribution < 1.29 is 0 Å². The van der Waals surface area contributed by atoms with Crippen LogP contribution >= 0.6 is 0 Å². The Hall–Kier alpha value is -8.98. The monoisotopic (exact) mass is 856 g/mol. The molecular formula is C66H36N2. The van der Waals surface area contributed by atoms with Crippen LogP contribution in [0, 0.1) is 0 Å². The van der Waals surface area contributed by atoms with Gasteiger partial charge in [-0.2, -0.15) is 0 Å². The molecule has 15 aromatic rings. The third-order valence-electron chi connectivity index (χ3n) is 15.9. The van der Waals surface area contributed by atoms with Crippen molar-refractivity contribution in [1.29, 1.82) is 0 Å². The van der Waals surface area contributed by atoms with E-state index in [4.69, 9.17) is 0 Å². The van der Waals surface area contributed by atoms with Crippen molar-refractivity contribution in [1.82, 2.24) is 8.80 Å². The van der Waals surface area contributed by atoms with Gasteiger partial charge < -0.3 is 8.80 Å². The Morgan fingerprint density at radius 2 is 0.382 bits per heavy atom. The maximum atomic E-state index is 2.59. The van der Waals surface area contributed by atoms with E-state index < -0.39 is 0 Å². The molecule has 4 heterocycles. The van der Waals surface area contributed by atoms with Crippen LogP contribution in [0.25, 0.3) is 165 Å². The fourth-order valence-electron chi connectivity index (χ4n) is 13.1. The van der Waals surface area contributed by atoms with Crippen molar-refractivity contribution in [2.45, 2.75) is 0 Å². The zero-order valence-corrected chi connectivity index (χ0v) is 36.7. The summed E-state index contributed by atoms with van der Waals surface area (Å²) in [6.45, 7) is 0. The quantitative estimate of drug-likeness (QED) is 0.144. The SMILES string of the molecule is c1ccc2c(c1)-c1ccccc1-c1cc3c4cccc5c6cc7c8cccc9c%10cc%11c(cc%10n(c7cc6n(c3cc1-c1ccccc1-2)c45)c98)-c1ccccc1-c1ccccc1-c1ccccc1-%11. The van der Waals surface area contributed by atoms with Crippen molar-refractivity contribution in [3.05, 3.63) is 218 Å². The molecule has 0 fully saturated rings. The van der Waals surface area contributed by atoms with Gasteiger partial charge in [0.05, 0.1) is 33.1 Å². The van der Waals surface area contributed by atoms with Crippen molar-refractivity contribution in [2.24, 2.45) is 0 Å². The first-order valence-electron chi connectivity index (χ1n) is 23.8. The van der Waals surface area contributed by atoms with Gasteiger partial charge in [-0.1, -0.05) is 182 Å². The highest BCUT2D eigenvalue weighted by molar-refractivity contribution is 6.30. The highest BCUT2D eigenvalue weighted by Gasteiger charge is 2.28. The number of hydrogen-bond acceptors (Lipinski definition) is 0. The summed E-state index contributed by atoms with van der Waals surface area (Å²) >= 11 is 0. The number of aromatic nitrogens is 2. The minimum Gasteiger partial charge on any atom is -0.308 e. The molecule has 2 nitrogen and oxygen atoms in total. The highest BCUT2D eigenvalue weighted by Crippen LogP contribution is 2.53. The van der Waals surface area contributed by atoms with Crippen LogP contribution in [0.4, 0.5) is 0 Å². The maximum Gasteiger partial charge on any atom is 0.0620 e. The Bertz CT molecular complexity index is 4430. The van der Waals surface area contributed by atoms with E-state index in [-0.39, 0.29) is 0 Å². The van der Waals surface area contributed by atoms with Crippen LogP contribution in [-0.2, 0) is 0 Å². The van der Waals surface area contributed by atoms with E-state index in [1.54, 1.807) is 0 Å². The van der Waals surface area contributed by atoms with E-state index in [1.807, 2.05) is 0 Å². The van der Waals surface area contributed by atoms with E-state index >= 15 is 0 Å². The Labute approximate surface area is 390 Å². The van der Waals surface area contributed by atoms with Crippen LogP contribution in [0.5, 0.6) is 0 Å². The summed E-state index contributed by atoms with van der Waals surface area (Å²) in [5, 5.41) is 10.3. The second-order valence-corrected chi connectivity index (χ2v) is 19.1. The zero-order valence-electron chi connectivity index (χ0n) is 36.7. The van der Waals surface area contributed by atoms with Gasteiger partial charge in [0.25, 0.3) is 0 Å². The molecule has 68 heavy (non-hydrogen) atoms. The van der Waals surface area contributed by atoms with Gasteiger partial charge in [0, 0.05) is 43.1 Å². The fraction of sp³-hybridized carbons (Fsp3) is 0. The van der Waals surface area contributed by atoms with Crippen molar-refractivity contribution in [3.63, 3.8) is 0 Å². The molecule has 0 spiro atoms. The summed E-state index contributed by atoms with van der Waals surface area (Å²) in [6.07, 6.45) is 0. The topological polar surface area (TPSA) is 8.82 Å². The Morgan fingerprint density at radius 3 is 0.662 bits per heavy atom. The van der Waals surface area contributed by atoms with Gasteiger partial charge in [0.1, 0.15) is 0 Å². The second-order valence-electron chi connectivity index (χ2n) is 19.1. The third-order valence-corrected chi connectivity index (χ3v) is 15.9. The fourth-order valence-corrected chi connectivity index (χ4v) is 13.1. The van der Waals surface area contributed by atoms with E-state index in [2.05, 4.69) is 227 Å². The molecule has 11 aromatic carbocycles. The van der Waals surface area contributed by atoms with E-state index in [0.717, 1.165) is 0 Å². The number of rotatable bonds is 0. The van der Waals surface area contributed by atoms with Gasteiger partial charge in [0.15, 0.2) is 0 Å². The maximum absolute atomic E-state index is 2.59. The van der Waals surface area contributed by atoms with Crippen LogP contribution in [-0.4, -0.2) is 8.80 Å². The van der Waals surface area contributed by atoms with Gasteiger partial charge in [-0.3, -0.25) is 0 Å². The molecule has 310 valence electrons. The molecule has 0 N–H and O–H groups in total. The summed E-state index contributed by atoms with van der Waals surface area (Å²) in [4.78, 5) is 0. The van der Waals surface area contributed by atoms with E-state index in [9.17, 15) is 0 Å². The Morgan fingerprint density at radius 1 is 0.162 bits per heavy atom. The lowest BCUT2D eigenvalue weighted by molar-refractivity contribution is 1.35. The van der Waals surface area contributed by atoms with E-state index in [0.29, 0.717) is 0 Å². The molecular weight excluding hydrogens is 821 g/mol. The largest absolute Gasteiger partial charge is 0.308 e. The minimum absolute atomic E-state index is 1.24. The molecule has 4 aromatic heterocycles. The summed E-state index contributed by atoms with van der Waals surface area (Å²) < 4.78 is 5.17. The summed E-state index contributed by atoms with van der Waals surface area (Å²) in [5.41, 5.74) is 27.8. The second kappa shape index (κ2) is 12.5. The molecule has 0 unspecified atom stereocenters. The Kier molecular flexibility index (Phi) is 6.47. The van der Waals surface area contributed by atoms with Crippen LogP contribution < -0.4 is 0 Å². The van der Waals surface area contributed by atoms with Crippen molar-refractivity contribution >= 4 is 76.2 Å². The van der Waals surface area contributed by atoms with Crippen LogP contribution in [0.2, 0.25) is 0 Å². The van der Waals surface area contributed by atoms with Crippen LogP contribution in [0.1, 0.15) is 0 Å². The summed E-state index contributed by atoms with van der Waals surface area (Å²) in [6, 6.07) is 82.7. The molecule has 2 aliphatic carbocycles. The smallest absolute Gasteiger partial charge is 0.0620 e. The van der Waals surface area contributed by atoms with Gasteiger partial charge in [0.2, 0.25) is 0 Å². The van der Waals surface area contributed by atoms with Crippen LogP contribution in [0.15, 0.2) is 218 Å². The molecule has 0 amide bonds. The summed E-state index contributed by atoms with van der Waals surface area (Å²) in [7, 11) is 0. The van der Waals surface area contributed by atoms with E-state index in [1.165, 1.54) is 165 Å². The van der Waals surface area contributed by atoms with Gasteiger partial charge in [-0.25, -0.2) is 0 Å². The lowest BCUT2D eigenvalue weighted by Crippen LogP contribution is -1.97. The number of hydrogen-bond donors (Lipinski definition) is 0. The minimum atomic E-state index is 1.24. The van der Waals surface area contributed by atoms with Gasteiger partial charge in [-0.15, -0.1) is 0 Å². The number of para-hydroxylation sites is 2. The molecule has 0 radical (unpaired) electrons. The molecule has 17 rings (SSSR count). The first-order valence-corrected chi connectivity index (χ1v) is 23.8. The molecule has 2 heteroatoms. The van der Waals surface area contributed by atoms with Crippen molar-refractivity contribution in [2.75, 3.05) is 0 Å². The average Bonchev–Trinajstić information content (AvgIpc) is 4.12. The Balaban J connectivity index is 0.999. The van der Waals surface area contributed by atoms with Crippen molar-refractivity contribution in [3.8, 4) is 89.0 Å². The first kappa shape index (κ1) is 35.3. The lowest BCUT2D eigenvalue weighted by Gasteiger charge is -2.23. The van der Waals surface area contributed by atoms with Gasteiger partial charge in [-0.05, 0) is 125 Å². The number of fused-ring (bicyclic) bond motifs is 28. The molecule has 0 bridgehead atoms. The molecule has 2 aliphatic rings. The molecule has 0 atom stereocenters. The standard InChI is InChI=1S/C66H36N2/c1-3-17-39-37(15-1)41-19-5-9-23-45(41)53-31-57-49-27-13-29-51-59-33-60-52-30-14-28-50-58-32-54-46-24-10-6-20-42(46)38-16-2-4-18-40(38)44-22-8-12-26-48(44)56(54)35-62(58)68(66(50)52)64(60)36-63(59)67(65(49)51)61(57)34-55(53)47-25-11-7-21-43(39)47/h1-36H. The molecule has 0 saturated heterocycles. The molecule has 0 saturated carbocycles. The first-order chi connectivity index (χ1) is 33.8. The average molecular weight is 857 g/mol. The molecule has 0 aliphatic heterocycles. The number of benzene rings is 11. The third kappa shape index (κ3) is 4.26. The van der Waals surface area contributed by atoms with Crippen LogP contribution in [0.3, 0.4) is 0 Å². The summed E-state index contributed by atoms with van der Waals surface area (Å²) in [5.74, 6) is 0. The highest BCUT2D eigenvalue weighted by atomic mass is 14.9. The number of nitrogens with zero attached hydrogens (tertiary/aromatic N) is 2.